The van der Waals surface area contributed by atoms with Gasteiger partial charge in [-0.1, -0.05) is 67.5 Å². The number of nitrogens with zero attached hydrogens (tertiary/aromatic N) is 5. The number of para-hydroxylation sites is 1. The monoisotopic (exact) mass is 656 g/mol. The number of ether oxygens (including phenoxy) is 1. The van der Waals surface area contributed by atoms with Crippen LogP contribution in [0.25, 0.3) is 11.0 Å². The van der Waals surface area contributed by atoms with Gasteiger partial charge in [-0.2, -0.15) is 4.31 Å². The average Bonchev–Trinajstić information content (AvgIpc) is 3.70. The summed E-state index contributed by atoms with van der Waals surface area (Å²) in [5.41, 5.74) is 11.9. The van der Waals surface area contributed by atoms with Crippen molar-refractivity contribution in [2.45, 2.75) is 83.4 Å². The number of aromatic nitrogens is 4. The predicted molar refractivity (Wildman–Crippen MR) is 178 cm³/mol. The molecule has 5 aromatic rings. The van der Waals surface area contributed by atoms with Crippen molar-refractivity contribution in [3.8, 4) is 5.75 Å². The number of carbonyl (C=O) groups is 1. The van der Waals surface area contributed by atoms with Crippen LogP contribution >= 0.6 is 0 Å². The van der Waals surface area contributed by atoms with E-state index < -0.39 is 21.3 Å². The van der Waals surface area contributed by atoms with Gasteiger partial charge in [0.25, 0.3) is 5.91 Å². The van der Waals surface area contributed by atoms with Crippen LogP contribution in [0.1, 0.15) is 84.1 Å². The number of benzene rings is 3. The minimum Gasteiger partial charge on any atom is -0.488 e. The third-order valence-electron chi connectivity index (χ3n) is 9.40. The van der Waals surface area contributed by atoms with Gasteiger partial charge in [0.15, 0.2) is 0 Å². The number of primary amides is 1. The van der Waals surface area contributed by atoms with E-state index in [2.05, 4.69) is 33.7 Å². The molecule has 11 nitrogen and oxygen atoms in total. The fourth-order valence-electron chi connectivity index (χ4n) is 6.59. The van der Waals surface area contributed by atoms with Gasteiger partial charge in [0.2, 0.25) is 15.8 Å². The lowest BCUT2D eigenvalue weighted by Crippen LogP contribution is -2.36. The third-order valence-corrected chi connectivity index (χ3v) is 11.3. The van der Waals surface area contributed by atoms with Gasteiger partial charge in [-0.25, -0.2) is 13.1 Å². The summed E-state index contributed by atoms with van der Waals surface area (Å²) in [6, 6.07) is 18.7. The summed E-state index contributed by atoms with van der Waals surface area (Å²) < 4.78 is 42.9. The van der Waals surface area contributed by atoms with Gasteiger partial charge in [0.05, 0.1) is 17.8 Å². The Bertz CT molecular complexity index is 2080. The molecule has 246 valence electrons. The van der Waals surface area contributed by atoms with Crippen LogP contribution in [0, 0.1) is 13.8 Å². The normalized spacial score (nSPS) is 17.2. The van der Waals surface area contributed by atoms with Gasteiger partial charge < -0.3 is 15.0 Å². The largest absolute Gasteiger partial charge is 0.488 e. The second kappa shape index (κ2) is 12.2. The molecule has 0 spiro atoms. The van der Waals surface area contributed by atoms with E-state index in [1.54, 1.807) is 30.3 Å². The summed E-state index contributed by atoms with van der Waals surface area (Å²) in [7, 11) is -3.85. The van der Waals surface area contributed by atoms with E-state index in [-0.39, 0.29) is 35.8 Å². The van der Waals surface area contributed by atoms with Crippen molar-refractivity contribution in [3.63, 3.8) is 0 Å². The molecule has 1 aliphatic rings. The fourth-order valence-corrected chi connectivity index (χ4v) is 8.16. The zero-order valence-corrected chi connectivity index (χ0v) is 28.3. The molecule has 1 aliphatic heterocycles. The van der Waals surface area contributed by atoms with Crippen molar-refractivity contribution in [2.24, 2.45) is 5.73 Å². The van der Waals surface area contributed by atoms with Crippen LogP contribution in [0.2, 0.25) is 0 Å². The molecule has 3 heterocycles. The van der Waals surface area contributed by atoms with Crippen LogP contribution < -0.4 is 10.5 Å². The van der Waals surface area contributed by atoms with Crippen molar-refractivity contribution < 1.29 is 22.5 Å². The predicted octanol–water partition coefficient (Wildman–Crippen LogP) is 5.63. The maximum atomic E-state index is 14.0. The minimum atomic E-state index is -3.85. The molecule has 12 heteroatoms. The Morgan fingerprint density at radius 3 is 2.55 bits per heavy atom. The maximum absolute atomic E-state index is 14.0. The third kappa shape index (κ3) is 5.69. The van der Waals surface area contributed by atoms with Crippen LogP contribution in [0.5, 0.6) is 5.75 Å². The number of amides is 1. The standard InChI is InChI=1S/C35H40N6O5S/c1-7-25-20-40(47(43,44)30-12-10-9-11-28(30)45-25)19-24-17-23(14-13-21(24)3)32(35(5,6)31-18-29(34(36)42)46-38-31)26-15-16-27-33(22(26)4)37-39-41(27)8-2/h9-18,25,32H,7-8,19-20H2,1-6H3,(H2,36,42)/t25-,32+/m1/s1. The quantitative estimate of drug-likeness (QED) is 0.215. The molecule has 0 aliphatic carbocycles. The number of hydrogen-bond donors (Lipinski definition) is 1. The Morgan fingerprint density at radius 2 is 1.85 bits per heavy atom. The number of fused-ring (bicyclic) bond motifs is 2. The molecule has 3 aromatic carbocycles. The Balaban J connectivity index is 1.49. The first-order chi connectivity index (χ1) is 22.4. The Kier molecular flexibility index (Phi) is 8.43. The first-order valence-corrected chi connectivity index (χ1v) is 17.3. The van der Waals surface area contributed by atoms with Crippen molar-refractivity contribution in [1.29, 1.82) is 0 Å². The molecule has 0 radical (unpaired) electrons. The Hall–Kier alpha value is -4.55. The molecule has 0 bridgehead atoms. The van der Waals surface area contributed by atoms with Crippen molar-refractivity contribution in [2.75, 3.05) is 6.54 Å². The van der Waals surface area contributed by atoms with Crippen LogP contribution in [0.3, 0.4) is 0 Å². The summed E-state index contributed by atoms with van der Waals surface area (Å²) in [5, 5.41) is 13.1. The van der Waals surface area contributed by atoms with Gasteiger partial charge in [0, 0.05) is 30.5 Å². The molecule has 0 saturated carbocycles. The second-order valence-corrected chi connectivity index (χ2v) is 14.6. The summed E-state index contributed by atoms with van der Waals surface area (Å²) in [4.78, 5) is 12.1. The summed E-state index contributed by atoms with van der Waals surface area (Å²) in [6.45, 7) is 13.2. The van der Waals surface area contributed by atoms with Crippen molar-refractivity contribution in [3.05, 3.63) is 99.9 Å². The van der Waals surface area contributed by atoms with E-state index >= 15 is 0 Å². The summed E-state index contributed by atoms with van der Waals surface area (Å²) in [6.07, 6.45) is 0.367. The topological polar surface area (TPSA) is 146 Å². The maximum Gasteiger partial charge on any atom is 0.287 e. The molecule has 1 amide bonds. The van der Waals surface area contributed by atoms with Crippen molar-refractivity contribution >= 4 is 27.0 Å². The molecule has 6 rings (SSSR count). The van der Waals surface area contributed by atoms with E-state index in [0.717, 1.165) is 38.9 Å². The molecule has 2 aromatic heterocycles. The van der Waals surface area contributed by atoms with Gasteiger partial charge >= 0.3 is 0 Å². The van der Waals surface area contributed by atoms with E-state index in [0.29, 0.717) is 24.4 Å². The van der Waals surface area contributed by atoms with Gasteiger partial charge in [-0.15, -0.1) is 5.10 Å². The van der Waals surface area contributed by atoms with E-state index in [9.17, 15) is 13.2 Å². The highest BCUT2D eigenvalue weighted by Crippen LogP contribution is 2.45. The lowest BCUT2D eigenvalue weighted by atomic mass is 9.68. The van der Waals surface area contributed by atoms with Gasteiger partial charge in [-0.05, 0) is 73.2 Å². The fraction of sp³-hybridized carbons (Fsp3) is 0.371. The molecule has 2 atom stereocenters. The van der Waals surface area contributed by atoms with Crippen LogP contribution in [-0.4, -0.2) is 51.4 Å². The minimum absolute atomic E-state index is 0.0196. The number of rotatable bonds is 9. The van der Waals surface area contributed by atoms with Gasteiger partial charge in [0.1, 0.15) is 22.3 Å². The average molecular weight is 657 g/mol. The van der Waals surface area contributed by atoms with Crippen LogP contribution in [0.15, 0.2) is 70.1 Å². The molecule has 0 fully saturated rings. The zero-order chi connectivity index (χ0) is 33.7. The molecular weight excluding hydrogens is 616 g/mol. The highest BCUT2D eigenvalue weighted by atomic mass is 32.2. The van der Waals surface area contributed by atoms with Crippen molar-refractivity contribution in [1.82, 2.24) is 24.5 Å². The number of nitrogens with two attached hydrogens (primary N) is 1. The molecule has 0 saturated heterocycles. The SMILES string of the molecule is CC[C@@H]1CN(Cc2cc([C@@H](c3ccc4c(nnn4CC)c3C)C(C)(C)c3cc(C(N)=O)on3)ccc2C)S(=O)(=O)c2ccccc2O1. The highest BCUT2D eigenvalue weighted by Gasteiger charge is 2.39. The summed E-state index contributed by atoms with van der Waals surface area (Å²) >= 11 is 0. The lowest BCUT2D eigenvalue weighted by molar-refractivity contribution is 0.0964. The number of carbonyl (C=O) groups excluding carboxylic acids is 1. The van der Waals surface area contributed by atoms with E-state index in [1.165, 1.54) is 4.31 Å². The molecule has 0 unspecified atom stereocenters. The second-order valence-electron chi connectivity index (χ2n) is 12.7. The molecule has 47 heavy (non-hydrogen) atoms. The lowest BCUT2D eigenvalue weighted by Gasteiger charge is -2.35. The van der Waals surface area contributed by atoms with E-state index in [4.69, 9.17) is 15.0 Å². The molecule has 2 N–H and O–H groups in total. The summed E-state index contributed by atoms with van der Waals surface area (Å²) in [5.74, 6) is -0.647. The smallest absolute Gasteiger partial charge is 0.287 e. The zero-order valence-electron chi connectivity index (χ0n) is 27.5. The van der Waals surface area contributed by atoms with E-state index in [1.807, 2.05) is 58.4 Å². The Morgan fingerprint density at radius 1 is 1.09 bits per heavy atom. The van der Waals surface area contributed by atoms with Crippen LogP contribution in [0.4, 0.5) is 0 Å². The first-order valence-electron chi connectivity index (χ1n) is 15.8. The number of aryl methyl sites for hydroxylation is 3. The highest BCUT2D eigenvalue weighted by molar-refractivity contribution is 7.89. The van der Waals surface area contributed by atoms with Crippen LogP contribution in [-0.2, 0) is 28.5 Å². The number of sulfonamides is 1. The first kappa shape index (κ1) is 32.4. The van der Waals surface area contributed by atoms with Gasteiger partial charge in [-0.3, -0.25) is 4.79 Å². The Labute approximate surface area is 274 Å². The number of hydrogen-bond acceptors (Lipinski definition) is 8. The molecular formula is C35H40N6O5S.